The van der Waals surface area contributed by atoms with Gasteiger partial charge >= 0.3 is 0 Å². The van der Waals surface area contributed by atoms with Crippen molar-refractivity contribution in [1.29, 1.82) is 0 Å². The summed E-state index contributed by atoms with van der Waals surface area (Å²) in [7, 11) is 1.68. The average Bonchev–Trinajstić information content (AvgIpc) is 2.34. The third-order valence-corrected chi connectivity index (χ3v) is 2.87. The van der Waals surface area contributed by atoms with E-state index in [-0.39, 0.29) is 12.4 Å². The fraction of sp³-hybridized carbons (Fsp3) is 1.00. The number of piperidine rings is 1. The molecule has 104 valence electrons. The number of nitrogens with one attached hydrogen (secondary N) is 1. The Bertz CT molecular complexity index is 155. The van der Waals surface area contributed by atoms with Crippen molar-refractivity contribution >= 4 is 12.4 Å². The van der Waals surface area contributed by atoms with Crippen LogP contribution in [0.2, 0.25) is 0 Å². The summed E-state index contributed by atoms with van der Waals surface area (Å²) in [6, 6.07) is 0. The average molecular weight is 268 g/mol. The summed E-state index contributed by atoms with van der Waals surface area (Å²) < 4.78 is 15.7. The lowest BCUT2D eigenvalue weighted by atomic mass is 9.97. The predicted molar refractivity (Wildman–Crippen MR) is 71.0 cm³/mol. The van der Waals surface area contributed by atoms with Crippen molar-refractivity contribution in [1.82, 2.24) is 5.32 Å². The maximum Gasteiger partial charge on any atom is 0.0701 e. The standard InChI is InChI=1S/C12H25NO3.ClH/c1-14-7-8-16-10-9-15-6-4-12-3-2-5-13-11-12;/h12-13H,2-11H2,1H3;1H. The normalized spacial score (nSPS) is 19.9. The minimum Gasteiger partial charge on any atom is -0.382 e. The van der Waals surface area contributed by atoms with E-state index in [1.807, 2.05) is 0 Å². The molecule has 0 aromatic heterocycles. The summed E-state index contributed by atoms with van der Waals surface area (Å²) in [6.07, 6.45) is 3.83. The Morgan fingerprint density at radius 2 is 1.76 bits per heavy atom. The van der Waals surface area contributed by atoms with Gasteiger partial charge in [-0.05, 0) is 38.3 Å². The molecule has 0 radical (unpaired) electrons. The van der Waals surface area contributed by atoms with E-state index < -0.39 is 0 Å². The number of methoxy groups -OCH3 is 1. The molecule has 1 fully saturated rings. The van der Waals surface area contributed by atoms with Gasteiger partial charge < -0.3 is 19.5 Å². The molecule has 1 heterocycles. The Labute approximate surface area is 111 Å². The number of ether oxygens (including phenoxy) is 3. The zero-order valence-electron chi connectivity index (χ0n) is 10.8. The van der Waals surface area contributed by atoms with Gasteiger partial charge in [-0.25, -0.2) is 0 Å². The second-order valence-corrected chi connectivity index (χ2v) is 4.22. The highest BCUT2D eigenvalue weighted by Crippen LogP contribution is 2.13. The Morgan fingerprint density at radius 1 is 1.06 bits per heavy atom. The molecule has 1 saturated heterocycles. The second kappa shape index (κ2) is 12.6. The van der Waals surface area contributed by atoms with Crippen molar-refractivity contribution in [3.63, 3.8) is 0 Å². The van der Waals surface area contributed by atoms with E-state index in [1.165, 1.54) is 25.8 Å². The topological polar surface area (TPSA) is 39.7 Å². The van der Waals surface area contributed by atoms with E-state index in [0.717, 1.165) is 19.1 Å². The van der Waals surface area contributed by atoms with E-state index in [4.69, 9.17) is 14.2 Å². The molecule has 1 aliphatic heterocycles. The van der Waals surface area contributed by atoms with Crippen LogP contribution < -0.4 is 5.32 Å². The van der Waals surface area contributed by atoms with Gasteiger partial charge in [0.15, 0.2) is 0 Å². The third-order valence-electron chi connectivity index (χ3n) is 2.87. The van der Waals surface area contributed by atoms with Crippen LogP contribution in [-0.2, 0) is 14.2 Å². The maximum atomic E-state index is 5.52. The Kier molecular flexibility index (Phi) is 12.7. The van der Waals surface area contributed by atoms with Crippen LogP contribution in [0, 0.1) is 5.92 Å². The molecule has 17 heavy (non-hydrogen) atoms. The highest BCUT2D eigenvalue weighted by molar-refractivity contribution is 5.85. The van der Waals surface area contributed by atoms with Crippen LogP contribution in [0.3, 0.4) is 0 Å². The van der Waals surface area contributed by atoms with E-state index in [2.05, 4.69) is 5.32 Å². The van der Waals surface area contributed by atoms with Gasteiger partial charge in [0.1, 0.15) is 0 Å². The van der Waals surface area contributed by atoms with E-state index in [0.29, 0.717) is 26.4 Å². The molecule has 1 aliphatic rings. The number of rotatable bonds is 9. The first-order valence-corrected chi connectivity index (χ1v) is 6.28. The molecular formula is C12H26ClNO3. The molecule has 0 aromatic carbocycles. The van der Waals surface area contributed by atoms with Crippen molar-refractivity contribution in [2.45, 2.75) is 19.3 Å². The quantitative estimate of drug-likeness (QED) is 0.643. The lowest BCUT2D eigenvalue weighted by Gasteiger charge is -2.22. The monoisotopic (exact) mass is 267 g/mol. The van der Waals surface area contributed by atoms with E-state index >= 15 is 0 Å². The van der Waals surface area contributed by atoms with Crippen LogP contribution in [0.1, 0.15) is 19.3 Å². The number of halogens is 1. The van der Waals surface area contributed by atoms with Gasteiger partial charge in [-0.3, -0.25) is 0 Å². The Balaban J connectivity index is 0.00000256. The summed E-state index contributed by atoms with van der Waals surface area (Å²) in [5, 5.41) is 3.42. The van der Waals surface area contributed by atoms with Gasteiger partial charge in [0.2, 0.25) is 0 Å². The van der Waals surface area contributed by atoms with Gasteiger partial charge in [0, 0.05) is 13.7 Å². The molecule has 0 bridgehead atoms. The molecule has 4 nitrogen and oxygen atoms in total. The Hall–Kier alpha value is 0.130. The van der Waals surface area contributed by atoms with Crippen LogP contribution in [0.15, 0.2) is 0 Å². The summed E-state index contributed by atoms with van der Waals surface area (Å²) in [6.45, 7) is 5.90. The molecule has 0 aliphatic carbocycles. The molecule has 0 aromatic rings. The summed E-state index contributed by atoms with van der Waals surface area (Å²) in [5.41, 5.74) is 0. The van der Waals surface area contributed by atoms with Crippen LogP contribution in [-0.4, -0.2) is 53.2 Å². The molecule has 1 rings (SSSR count). The van der Waals surface area contributed by atoms with Crippen LogP contribution in [0.25, 0.3) is 0 Å². The zero-order valence-corrected chi connectivity index (χ0v) is 11.6. The lowest BCUT2D eigenvalue weighted by molar-refractivity contribution is 0.0212. The molecule has 1 atom stereocenters. The lowest BCUT2D eigenvalue weighted by Crippen LogP contribution is -2.30. The summed E-state index contributed by atoms with van der Waals surface area (Å²) in [5.74, 6) is 0.808. The first-order valence-electron chi connectivity index (χ1n) is 6.28. The van der Waals surface area contributed by atoms with Crippen molar-refractivity contribution in [2.24, 2.45) is 5.92 Å². The fourth-order valence-corrected chi connectivity index (χ4v) is 1.88. The van der Waals surface area contributed by atoms with Gasteiger partial charge in [0.25, 0.3) is 0 Å². The van der Waals surface area contributed by atoms with Crippen LogP contribution in [0.4, 0.5) is 0 Å². The largest absolute Gasteiger partial charge is 0.382 e. The van der Waals surface area contributed by atoms with E-state index in [9.17, 15) is 0 Å². The highest BCUT2D eigenvalue weighted by Gasteiger charge is 2.11. The first kappa shape index (κ1) is 17.1. The van der Waals surface area contributed by atoms with Crippen LogP contribution in [0.5, 0.6) is 0 Å². The van der Waals surface area contributed by atoms with Crippen LogP contribution >= 0.6 is 12.4 Å². The first-order chi connectivity index (χ1) is 7.93. The molecule has 1 N–H and O–H groups in total. The van der Waals surface area contributed by atoms with E-state index in [1.54, 1.807) is 7.11 Å². The zero-order chi connectivity index (χ0) is 11.5. The van der Waals surface area contributed by atoms with Crippen molar-refractivity contribution in [3.05, 3.63) is 0 Å². The molecule has 1 unspecified atom stereocenters. The molecule has 0 amide bonds. The predicted octanol–water partition coefficient (Wildman–Crippen LogP) is 1.48. The molecular weight excluding hydrogens is 242 g/mol. The SMILES string of the molecule is COCCOCCOCCC1CCCNC1.Cl. The minimum atomic E-state index is 0. The van der Waals surface area contributed by atoms with Crippen molar-refractivity contribution < 1.29 is 14.2 Å². The smallest absolute Gasteiger partial charge is 0.0701 e. The molecule has 5 heteroatoms. The van der Waals surface area contributed by atoms with Gasteiger partial charge in [-0.1, -0.05) is 0 Å². The summed E-state index contributed by atoms with van der Waals surface area (Å²) >= 11 is 0. The summed E-state index contributed by atoms with van der Waals surface area (Å²) in [4.78, 5) is 0. The second-order valence-electron chi connectivity index (χ2n) is 4.22. The number of hydrogen-bond acceptors (Lipinski definition) is 4. The molecule has 0 spiro atoms. The highest BCUT2D eigenvalue weighted by atomic mass is 35.5. The molecule has 0 saturated carbocycles. The minimum absolute atomic E-state index is 0. The maximum absolute atomic E-state index is 5.52. The van der Waals surface area contributed by atoms with Gasteiger partial charge in [0.05, 0.1) is 26.4 Å². The number of hydrogen-bond donors (Lipinski definition) is 1. The van der Waals surface area contributed by atoms with Gasteiger partial charge in [-0.2, -0.15) is 0 Å². The van der Waals surface area contributed by atoms with Crippen molar-refractivity contribution in [2.75, 3.05) is 53.2 Å². The van der Waals surface area contributed by atoms with Gasteiger partial charge in [-0.15, -0.1) is 12.4 Å². The Morgan fingerprint density at radius 3 is 2.41 bits per heavy atom. The van der Waals surface area contributed by atoms with Crippen molar-refractivity contribution in [3.8, 4) is 0 Å². The fourth-order valence-electron chi connectivity index (χ4n) is 1.88. The third kappa shape index (κ3) is 9.80.